The quantitative estimate of drug-likeness (QED) is 0.835. The first-order valence-corrected chi connectivity index (χ1v) is 8.81. The van der Waals surface area contributed by atoms with Gasteiger partial charge in [0.1, 0.15) is 5.82 Å². The summed E-state index contributed by atoms with van der Waals surface area (Å²) in [7, 11) is 0. The van der Waals surface area contributed by atoms with E-state index < -0.39 is 5.97 Å². The van der Waals surface area contributed by atoms with E-state index in [1.165, 1.54) is 12.1 Å². The molecule has 1 saturated heterocycles. The van der Waals surface area contributed by atoms with Gasteiger partial charge in [-0.1, -0.05) is 40.2 Å². The number of piperidine rings is 1. The van der Waals surface area contributed by atoms with Gasteiger partial charge in [-0.25, -0.2) is 4.39 Å². The van der Waals surface area contributed by atoms with Gasteiger partial charge in [-0.2, -0.15) is 0 Å². The normalized spacial score (nSPS) is 19.8. The van der Waals surface area contributed by atoms with E-state index in [1.54, 1.807) is 6.07 Å². The van der Waals surface area contributed by atoms with Gasteiger partial charge in [0.15, 0.2) is 0 Å². The Kier molecular flexibility index (Phi) is 5.31. The molecule has 1 heterocycles. The van der Waals surface area contributed by atoms with Crippen molar-refractivity contribution in [2.45, 2.75) is 18.9 Å². The molecule has 3 rings (SSSR count). The maximum Gasteiger partial charge on any atom is 0.307 e. The molecule has 1 fully saturated rings. The Hall–Kier alpha value is -1.72. The highest BCUT2D eigenvalue weighted by atomic mass is 79.9. The predicted octanol–water partition coefficient (Wildman–Crippen LogP) is 4.47. The average molecular weight is 392 g/mol. The molecule has 2 unspecified atom stereocenters. The van der Waals surface area contributed by atoms with Gasteiger partial charge in [0.25, 0.3) is 0 Å². The lowest BCUT2D eigenvalue weighted by molar-refractivity contribution is -0.143. The average Bonchev–Trinajstić information content (AvgIpc) is 2.55. The van der Waals surface area contributed by atoms with Gasteiger partial charge in [0, 0.05) is 11.0 Å². The molecule has 1 aliphatic heterocycles. The van der Waals surface area contributed by atoms with E-state index in [0.29, 0.717) is 13.0 Å². The standard InChI is InChI=1S/C19H19BrFNO2/c20-16-7-1-4-13(10-16)18(14-5-2-8-17(21)11-14)22-9-3-6-15(12-22)19(23)24/h1-2,4-5,7-8,10-11,15,18H,3,6,9,12H2,(H,23,24). The number of benzene rings is 2. The zero-order chi connectivity index (χ0) is 17.1. The van der Waals surface area contributed by atoms with Crippen molar-refractivity contribution < 1.29 is 14.3 Å². The molecule has 1 aliphatic rings. The van der Waals surface area contributed by atoms with Crippen molar-refractivity contribution in [3.05, 3.63) is 69.9 Å². The third-order valence-electron chi connectivity index (χ3n) is 4.50. The van der Waals surface area contributed by atoms with Crippen molar-refractivity contribution in [3.8, 4) is 0 Å². The lowest BCUT2D eigenvalue weighted by Gasteiger charge is -2.37. The Bertz CT molecular complexity index is 691. The number of halogens is 2. The number of rotatable bonds is 4. The van der Waals surface area contributed by atoms with Crippen LogP contribution in [-0.2, 0) is 4.79 Å². The van der Waals surface area contributed by atoms with E-state index in [0.717, 1.165) is 28.6 Å². The number of carboxylic acid groups (broad SMARTS) is 1. The minimum Gasteiger partial charge on any atom is -0.481 e. The number of hydrogen-bond donors (Lipinski definition) is 1. The Labute approximate surface area is 149 Å². The fraction of sp³-hybridized carbons (Fsp3) is 0.316. The molecule has 0 amide bonds. The highest BCUT2D eigenvalue weighted by Gasteiger charge is 2.31. The van der Waals surface area contributed by atoms with Crippen LogP contribution in [0.1, 0.15) is 30.0 Å². The Morgan fingerprint density at radius 2 is 1.92 bits per heavy atom. The molecular formula is C19H19BrFNO2. The number of likely N-dealkylation sites (tertiary alicyclic amines) is 1. The van der Waals surface area contributed by atoms with Crippen LogP contribution in [0.4, 0.5) is 4.39 Å². The van der Waals surface area contributed by atoms with E-state index in [1.807, 2.05) is 30.3 Å². The van der Waals surface area contributed by atoms with Crippen LogP contribution in [0, 0.1) is 11.7 Å². The summed E-state index contributed by atoms with van der Waals surface area (Å²) in [6.07, 6.45) is 1.52. The largest absolute Gasteiger partial charge is 0.481 e. The van der Waals surface area contributed by atoms with E-state index in [9.17, 15) is 14.3 Å². The molecule has 0 aliphatic carbocycles. The molecule has 2 atom stereocenters. The van der Waals surface area contributed by atoms with E-state index >= 15 is 0 Å². The molecule has 24 heavy (non-hydrogen) atoms. The summed E-state index contributed by atoms with van der Waals surface area (Å²) in [5.41, 5.74) is 1.88. The summed E-state index contributed by atoms with van der Waals surface area (Å²) in [6.45, 7) is 1.28. The van der Waals surface area contributed by atoms with Crippen LogP contribution < -0.4 is 0 Å². The highest BCUT2D eigenvalue weighted by molar-refractivity contribution is 9.10. The second-order valence-electron chi connectivity index (χ2n) is 6.18. The molecule has 0 saturated carbocycles. The van der Waals surface area contributed by atoms with Crippen LogP contribution >= 0.6 is 15.9 Å². The molecule has 0 aromatic heterocycles. The lowest BCUT2D eigenvalue weighted by atomic mass is 9.91. The number of nitrogens with zero attached hydrogens (tertiary/aromatic N) is 1. The van der Waals surface area contributed by atoms with Crippen LogP contribution in [0.5, 0.6) is 0 Å². The van der Waals surface area contributed by atoms with Crippen LogP contribution in [0.25, 0.3) is 0 Å². The number of aliphatic carboxylic acids is 1. The topological polar surface area (TPSA) is 40.5 Å². The first-order chi connectivity index (χ1) is 11.5. The molecule has 0 spiro atoms. The first kappa shape index (κ1) is 17.1. The van der Waals surface area contributed by atoms with Crippen molar-refractivity contribution in [3.63, 3.8) is 0 Å². The smallest absolute Gasteiger partial charge is 0.307 e. The fourth-order valence-electron chi connectivity index (χ4n) is 3.41. The van der Waals surface area contributed by atoms with Gasteiger partial charge in [-0.05, 0) is 54.8 Å². The third kappa shape index (κ3) is 3.84. The van der Waals surface area contributed by atoms with Crippen LogP contribution in [-0.4, -0.2) is 29.1 Å². The highest BCUT2D eigenvalue weighted by Crippen LogP contribution is 2.34. The fourth-order valence-corrected chi connectivity index (χ4v) is 3.83. The summed E-state index contributed by atoms with van der Waals surface area (Å²) >= 11 is 3.49. The Morgan fingerprint density at radius 1 is 1.21 bits per heavy atom. The van der Waals surface area contributed by atoms with Crippen molar-refractivity contribution in [2.24, 2.45) is 5.92 Å². The monoisotopic (exact) mass is 391 g/mol. The molecule has 3 nitrogen and oxygen atoms in total. The third-order valence-corrected chi connectivity index (χ3v) is 4.99. The van der Waals surface area contributed by atoms with Crippen LogP contribution in [0.3, 0.4) is 0 Å². The van der Waals surface area contributed by atoms with E-state index in [-0.39, 0.29) is 17.8 Å². The first-order valence-electron chi connectivity index (χ1n) is 8.02. The second kappa shape index (κ2) is 7.45. The van der Waals surface area contributed by atoms with Crippen LogP contribution in [0.2, 0.25) is 0 Å². The number of carbonyl (C=O) groups is 1. The molecule has 2 aromatic carbocycles. The van der Waals surface area contributed by atoms with E-state index in [4.69, 9.17) is 0 Å². The van der Waals surface area contributed by atoms with Gasteiger partial charge in [-0.3, -0.25) is 9.69 Å². The minimum absolute atomic E-state index is 0.152. The Balaban J connectivity index is 2.00. The van der Waals surface area contributed by atoms with Gasteiger partial charge in [0.05, 0.1) is 12.0 Å². The number of hydrogen-bond acceptors (Lipinski definition) is 2. The van der Waals surface area contributed by atoms with Crippen molar-refractivity contribution in [1.82, 2.24) is 4.90 Å². The molecule has 2 aromatic rings. The zero-order valence-corrected chi connectivity index (χ0v) is 14.7. The molecule has 5 heteroatoms. The summed E-state index contributed by atoms with van der Waals surface area (Å²) in [6, 6.07) is 14.3. The molecule has 0 radical (unpaired) electrons. The van der Waals surface area contributed by atoms with Crippen molar-refractivity contribution >= 4 is 21.9 Å². The maximum atomic E-state index is 13.8. The maximum absolute atomic E-state index is 13.8. The zero-order valence-electron chi connectivity index (χ0n) is 13.2. The Morgan fingerprint density at radius 3 is 2.58 bits per heavy atom. The van der Waals surface area contributed by atoms with Gasteiger partial charge < -0.3 is 5.11 Å². The summed E-state index contributed by atoms with van der Waals surface area (Å²) < 4.78 is 14.7. The van der Waals surface area contributed by atoms with Gasteiger partial charge in [0.2, 0.25) is 0 Å². The van der Waals surface area contributed by atoms with Crippen molar-refractivity contribution in [2.75, 3.05) is 13.1 Å². The predicted molar refractivity (Wildman–Crippen MR) is 94.3 cm³/mol. The summed E-state index contributed by atoms with van der Waals surface area (Å²) in [5.74, 6) is -1.41. The SMILES string of the molecule is O=C(O)C1CCCN(C(c2cccc(F)c2)c2cccc(Br)c2)C1. The second-order valence-corrected chi connectivity index (χ2v) is 7.10. The molecule has 1 N–H and O–H groups in total. The molecular weight excluding hydrogens is 373 g/mol. The van der Waals surface area contributed by atoms with E-state index in [2.05, 4.69) is 20.8 Å². The molecule has 0 bridgehead atoms. The molecule has 126 valence electrons. The van der Waals surface area contributed by atoms with Crippen molar-refractivity contribution in [1.29, 1.82) is 0 Å². The van der Waals surface area contributed by atoms with Crippen LogP contribution in [0.15, 0.2) is 53.0 Å². The van der Waals surface area contributed by atoms with Gasteiger partial charge >= 0.3 is 5.97 Å². The van der Waals surface area contributed by atoms with Gasteiger partial charge in [-0.15, -0.1) is 0 Å². The lowest BCUT2D eigenvalue weighted by Crippen LogP contribution is -2.41. The summed E-state index contributed by atoms with van der Waals surface area (Å²) in [5, 5.41) is 9.37. The minimum atomic E-state index is -0.757. The number of carboxylic acids is 1. The summed E-state index contributed by atoms with van der Waals surface area (Å²) in [4.78, 5) is 13.6.